The molecule has 84 valence electrons. The van der Waals surface area contributed by atoms with Gasteiger partial charge in [-0.3, -0.25) is 9.48 Å². The van der Waals surface area contributed by atoms with E-state index in [4.69, 9.17) is 0 Å². The molecule has 0 atom stereocenters. The molecule has 1 aromatic heterocycles. The first kappa shape index (κ1) is 11.7. The molecule has 2 N–H and O–H groups in total. The average molecular weight is 210 g/mol. The SMILES string of the molecule is CCn1cc(CNCCC(=O)NC)cn1. The van der Waals surface area contributed by atoms with Gasteiger partial charge in [0.2, 0.25) is 5.91 Å². The molecule has 0 unspecified atom stereocenters. The van der Waals surface area contributed by atoms with E-state index >= 15 is 0 Å². The minimum Gasteiger partial charge on any atom is -0.359 e. The van der Waals surface area contributed by atoms with Crippen LogP contribution in [0.3, 0.4) is 0 Å². The molecule has 0 fully saturated rings. The van der Waals surface area contributed by atoms with Crippen molar-refractivity contribution in [3.05, 3.63) is 18.0 Å². The Balaban J connectivity index is 2.17. The lowest BCUT2D eigenvalue weighted by Gasteiger charge is -2.01. The minimum atomic E-state index is 0.0618. The maximum atomic E-state index is 10.9. The highest BCUT2D eigenvalue weighted by molar-refractivity contribution is 5.75. The van der Waals surface area contributed by atoms with Gasteiger partial charge in [0.05, 0.1) is 6.20 Å². The third-order valence-electron chi connectivity index (χ3n) is 2.15. The van der Waals surface area contributed by atoms with Crippen LogP contribution in [-0.4, -0.2) is 29.3 Å². The summed E-state index contributed by atoms with van der Waals surface area (Å²) in [5, 5.41) is 9.93. The lowest BCUT2D eigenvalue weighted by Crippen LogP contribution is -2.24. The summed E-state index contributed by atoms with van der Waals surface area (Å²) in [5.41, 5.74) is 1.15. The number of carbonyl (C=O) groups is 1. The van der Waals surface area contributed by atoms with Gasteiger partial charge >= 0.3 is 0 Å². The molecule has 0 aliphatic heterocycles. The Morgan fingerprint density at radius 3 is 3.00 bits per heavy atom. The van der Waals surface area contributed by atoms with Gasteiger partial charge < -0.3 is 10.6 Å². The number of hydrogen-bond donors (Lipinski definition) is 2. The van der Waals surface area contributed by atoms with Gasteiger partial charge in [-0.25, -0.2) is 0 Å². The summed E-state index contributed by atoms with van der Waals surface area (Å²) >= 11 is 0. The van der Waals surface area contributed by atoms with Crippen molar-refractivity contribution in [3.63, 3.8) is 0 Å². The van der Waals surface area contributed by atoms with E-state index in [2.05, 4.69) is 22.7 Å². The minimum absolute atomic E-state index is 0.0618. The van der Waals surface area contributed by atoms with E-state index in [1.807, 2.05) is 17.1 Å². The zero-order valence-corrected chi connectivity index (χ0v) is 9.29. The van der Waals surface area contributed by atoms with Gasteiger partial charge in [0.1, 0.15) is 0 Å². The molecule has 1 rings (SSSR count). The third kappa shape index (κ3) is 4.12. The maximum absolute atomic E-state index is 10.9. The van der Waals surface area contributed by atoms with Gasteiger partial charge in [-0.2, -0.15) is 5.10 Å². The van der Waals surface area contributed by atoms with E-state index in [0.717, 1.165) is 18.7 Å². The summed E-state index contributed by atoms with van der Waals surface area (Å²) in [4.78, 5) is 10.9. The number of aryl methyl sites for hydroxylation is 1. The standard InChI is InChI=1S/C10H18N4O/c1-3-14-8-9(7-13-14)6-12-5-4-10(15)11-2/h7-8,12H,3-6H2,1-2H3,(H,11,15). The lowest BCUT2D eigenvalue weighted by molar-refractivity contribution is -0.120. The number of hydrogen-bond acceptors (Lipinski definition) is 3. The summed E-state index contributed by atoms with van der Waals surface area (Å²) in [6.07, 6.45) is 4.36. The average Bonchev–Trinajstić information content (AvgIpc) is 2.72. The summed E-state index contributed by atoms with van der Waals surface area (Å²) in [5.74, 6) is 0.0618. The molecule has 0 spiro atoms. The fourth-order valence-electron chi connectivity index (χ4n) is 1.23. The highest BCUT2D eigenvalue weighted by atomic mass is 16.1. The zero-order chi connectivity index (χ0) is 11.1. The summed E-state index contributed by atoms with van der Waals surface area (Å²) in [6.45, 7) is 4.39. The van der Waals surface area contributed by atoms with E-state index in [1.165, 1.54) is 0 Å². The van der Waals surface area contributed by atoms with Crippen LogP contribution >= 0.6 is 0 Å². The molecule has 1 heterocycles. The Bertz CT molecular complexity index is 308. The molecule has 15 heavy (non-hydrogen) atoms. The van der Waals surface area contributed by atoms with Crippen LogP contribution in [0, 0.1) is 0 Å². The monoisotopic (exact) mass is 210 g/mol. The van der Waals surface area contributed by atoms with Crippen molar-refractivity contribution < 1.29 is 4.79 Å². The highest BCUT2D eigenvalue weighted by Gasteiger charge is 1.98. The van der Waals surface area contributed by atoms with Crippen molar-refractivity contribution >= 4 is 5.91 Å². The second kappa shape index (κ2) is 6.19. The number of aromatic nitrogens is 2. The fourth-order valence-corrected chi connectivity index (χ4v) is 1.23. The lowest BCUT2D eigenvalue weighted by atomic mass is 10.3. The molecule has 0 aromatic carbocycles. The second-order valence-electron chi connectivity index (χ2n) is 3.30. The molecule has 0 aliphatic carbocycles. The van der Waals surface area contributed by atoms with E-state index < -0.39 is 0 Å². The fraction of sp³-hybridized carbons (Fsp3) is 0.600. The van der Waals surface area contributed by atoms with E-state index in [0.29, 0.717) is 13.0 Å². The second-order valence-corrected chi connectivity index (χ2v) is 3.30. The van der Waals surface area contributed by atoms with Crippen LogP contribution in [0.5, 0.6) is 0 Å². The molecule has 1 amide bonds. The molecule has 0 bridgehead atoms. The maximum Gasteiger partial charge on any atom is 0.221 e. The first-order chi connectivity index (χ1) is 7.26. The Hall–Kier alpha value is -1.36. The highest BCUT2D eigenvalue weighted by Crippen LogP contribution is 1.96. The Labute approximate surface area is 89.9 Å². The quantitative estimate of drug-likeness (QED) is 0.656. The van der Waals surface area contributed by atoms with Crippen LogP contribution in [-0.2, 0) is 17.9 Å². The van der Waals surface area contributed by atoms with E-state index in [9.17, 15) is 4.79 Å². The molecule has 0 saturated carbocycles. The molecular formula is C10H18N4O. The third-order valence-corrected chi connectivity index (χ3v) is 2.15. The zero-order valence-electron chi connectivity index (χ0n) is 9.29. The topological polar surface area (TPSA) is 59.0 Å². The van der Waals surface area contributed by atoms with Crippen molar-refractivity contribution in [2.45, 2.75) is 26.4 Å². The molecule has 5 nitrogen and oxygen atoms in total. The van der Waals surface area contributed by atoms with Crippen molar-refractivity contribution in [1.29, 1.82) is 0 Å². The number of rotatable bonds is 6. The predicted molar refractivity (Wildman–Crippen MR) is 58.3 cm³/mol. The van der Waals surface area contributed by atoms with Crippen molar-refractivity contribution in [2.75, 3.05) is 13.6 Å². The molecule has 0 radical (unpaired) electrons. The van der Waals surface area contributed by atoms with Crippen LogP contribution in [0.15, 0.2) is 12.4 Å². The number of carbonyl (C=O) groups excluding carboxylic acids is 1. The summed E-state index contributed by atoms with van der Waals surface area (Å²) in [6, 6.07) is 0. The smallest absolute Gasteiger partial charge is 0.221 e. The van der Waals surface area contributed by atoms with Crippen LogP contribution in [0.2, 0.25) is 0 Å². The molecule has 0 saturated heterocycles. The molecule has 0 aliphatic rings. The number of amides is 1. The Kier molecular flexibility index (Phi) is 4.83. The van der Waals surface area contributed by atoms with Gasteiger partial charge in [0, 0.05) is 44.9 Å². The molecular weight excluding hydrogens is 192 g/mol. The predicted octanol–water partition coefficient (Wildman–Crippen LogP) is 0.129. The molecule has 1 aromatic rings. The Morgan fingerprint density at radius 2 is 2.40 bits per heavy atom. The summed E-state index contributed by atoms with van der Waals surface area (Å²) < 4.78 is 1.88. The van der Waals surface area contributed by atoms with Crippen LogP contribution in [0.25, 0.3) is 0 Å². The van der Waals surface area contributed by atoms with Crippen LogP contribution in [0.4, 0.5) is 0 Å². The van der Waals surface area contributed by atoms with Gasteiger partial charge in [0.15, 0.2) is 0 Å². The Morgan fingerprint density at radius 1 is 1.60 bits per heavy atom. The van der Waals surface area contributed by atoms with Crippen LogP contribution < -0.4 is 10.6 Å². The number of nitrogens with one attached hydrogen (secondary N) is 2. The van der Waals surface area contributed by atoms with Crippen LogP contribution in [0.1, 0.15) is 18.9 Å². The van der Waals surface area contributed by atoms with Gasteiger partial charge in [0.25, 0.3) is 0 Å². The van der Waals surface area contributed by atoms with Gasteiger partial charge in [-0.1, -0.05) is 0 Å². The van der Waals surface area contributed by atoms with Crippen molar-refractivity contribution in [2.24, 2.45) is 0 Å². The summed E-state index contributed by atoms with van der Waals surface area (Å²) in [7, 11) is 1.65. The van der Waals surface area contributed by atoms with E-state index in [-0.39, 0.29) is 5.91 Å². The molecule has 5 heteroatoms. The first-order valence-corrected chi connectivity index (χ1v) is 5.19. The van der Waals surface area contributed by atoms with Gasteiger partial charge in [-0.15, -0.1) is 0 Å². The largest absolute Gasteiger partial charge is 0.359 e. The number of nitrogens with zero attached hydrogens (tertiary/aromatic N) is 2. The van der Waals surface area contributed by atoms with Gasteiger partial charge in [-0.05, 0) is 6.92 Å². The van der Waals surface area contributed by atoms with E-state index in [1.54, 1.807) is 7.05 Å². The van der Waals surface area contributed by atoms with Crippen molar-refractivity contribution in [1.82, 2.24) is 20.4 Å². The van der Waals surface area contributed by atoms with Crippen molar-refractivity contribution in [3.8, 4) is 0 Å². The normalized spacial score (nSPS) is 10.3. The first-order valence-electron chi connectivity index (χ1n) is 5.19.